The monoisotopic (exact) mass is 489 g/mol. The zero-order valence-corrected chi connectivity index (χ0v) is 20.1. The molecule has 8 heteroatoms. The predicted molar refractivity (Wildman–Crippen MR) is 138 cm³/mol. The van der Waals surface area contributed by atoms with Crippen LogP contribution in [0.1, 0.15) is 21.5 Å². The van der Waals surface area contributed by atoms with Gasteiger partial charge in [0.15, 0.2) is 5.13 Å². The standard InChI is InChI=1S/C26H23N3O3S2/c1-3-14-29(15-4-2)34(31,32)20-12-10-18(11-13-20)25(30)28-26-27-24-21-7-5-6-17-8-9-19(23(17)21)16-22(24)33-26/h3-7,10-13,16H,1-2,8-9,14-15H2,(H,27,28,30). The Morgan fingerprint density at radius 3 is 2.47 bits per heavy atom. The lowest BCUT2D eigenvalue weighted by Gasteiger charge is -2.19. The molecule has 0 fully saturated rings. The number of carbonyl (C=O) groups is 1. The summed E-state index contributed by atoms with van der Waals surface area (Å²) in [6, 6.07) is 14.4. The summed E-state index contributed by atoms with van der Waals surface area (Å²) in [6.45, 7) is 7.57. The fraction of sp³-hybridized carbons (Fsp3) is 0.154. The van der Waals surface area contributed by atoms with Crippen molar-refractivity contribution in [2.45, 2.75) is 17.7 Å². The fourth-order valence-electron chi connectivity index (χ4n) is 4.41. The van der Waals surface area contributed by atoms with Crippen LogP contribution in [0.4, 0.5) is 5.13 Å². The number of hydrogen-bond donors (Lipinski definition) is 1. The van der Waals surface area contributed by atoms with E-state index in [1.165, 1.54) is 68.6 Å². The number of amides is 1. The molecule has 0 spiro atoms. The lowest BCUT2D eigenvalue weighted by atomic mass is 10.0. The highest BCUT2D eigenvalue weighted by Gasteiger charge is 2.23. The quantitative estimate of drug-likeness (QED) is 0.347. The van der Waals surface area contributed by atoms with Crippen LogP contribution in [0.3, 0.4) is 0 Å². The molecule has 172 valence electrons. The highest BCUT2D eigenvalue weighted by Crippen LogP contribution is 2.39. The highest BCUT2D eigenvalue weighted by atomic mass is 32.2. The molecule has 0 bridgehead atoms. The number of carbonyl (C=O) groups excluding carboxylic acids is 1. The van der Waals surface area contributed by atoms with E-state index in [2.05, 4.69) is 42.7 Å². The fourth-order valence-corrected chi connectivity index (χ4v) is 6.74. The van der Waals surface area contributed by atoms with Gasteiger partial charge in [0.05, 0.1) is 15.1 Å². The highest BCUT2D eigenvalue weighted by molar-refractivity contribution is 7.89. The lowest BCUT2D eigenvalue weighted by Crippen LogP contribution is -2.31. The summed E-state index contributed by atoms with van der Waals surface area (Å²) in [4.78, 5) is 17.7. The summed E-state index contributed by atoms with van der Waals surface area (Å²) >= 11 is 1.45. The molecule has 5 rings (SSSR count). The van der Waals surface area contributed by atoms with Gasteiger partial charge in [0.2, 0.25) is 10.0 Å². The summed E-state index contributed by atoms with van der Waals surface area (Å²) in [6.07, 6.45) is 5.13. The Morgan fingerprint density at radius 1 is 1.06 bits per heavy atom. The molecule has 1 heterocycles. The van der Waals surface area contributed by atoms with Gasteiger partial charge >= 0.3 is 0 Å². The number of hydrogen-bond acceptors (Lipinski definition) is 5. The van der Waals surface area contributed by atoms with Crippen molar-refractivity contribution >= 4 is 53.4 Å². The first-order chi connectivity index (χ1) is 16.4. The van der Waals surface area contributed by atoms with Gasteiger partial charge in [-0.1, -0.05) is 41.7 Å². The van der Waals surface area contributed by atoms with Crippen LogP contribution in [0.2, 0.25) is 0 Å². The van der Waals surface area contributed by atoms with Gasteiger partial charge in [-0.3, -0.25) is 10.1 Å². The number of nitrogens with zero attached hydrogens (tertiary/aromatic N) is 2. The van der Waals surface area contributed by atoms with Crippen LogP contribution in [0.15, 0.2) is 78.7 Å². The number of aromatic nitrogens is 1. The predicted octanol–water partition coefficient (Wildman–Crippen LogP) is 5.16. The zero-order valence-electron chi connectivity index (χ0n) is 18.5. The summed E-state index contributed by atoms with van der Waals surface area (Å²) in [5, 5.41) is 5.80. The molecule has 4 aromatic rings. The van der Waals surface area contributed by atoms with Crippen LogP contribution in [0.5, 0.6) is 0 Å². The molecule has 1 aliphatic carbocycles. The second kappa shape index (κ2) is 8.79. The van der Waals surface area contributed by atoms with Crippen molar-refractivity contribution in [3.8, 4) is 0 Å². The Morgan fingerprint density at radius 2 is 1.76 bits per heavy atom. The first-order valence-corrected chi connectivity index (χ1v) is 13.2. The normalized spacial score (nSPS) is 13.0. The molecule has 0 unspecified atom stereocenters. The van der Waals surface area contributed by atoms with Gasteiger partial charge in [0.25, 0.3) is 5.91 Å². The third-order valence-electron chi connectivity index (χ3n) is 5.99. The second-order valence-corrected chi connectivity index (χ2v) is 11.1. The van der Waals surface area contributed by atoms with Crippen molar-refractivity contribution in [1.29, 1.82) is 0 Å². The number of rotatable bonds is 8. The molecule has 1 amide bonds. The molecule has 34 heavy (non-hydrogen) atoms. The minimum absolute atomic E-state index is 0.108. The van der Waals surface area contributed by atoms with Gasteiger partial charge in [-0.05, 0) is 59.7 Å². The third kappa shape index (κ3) is 3.83. The van der Waals surface area contributed by atoms with Crippen LogP contribution in [-0.2, 0) is 22.9 Å². The van der Waals surface area contributed by atoms with Gasteiger partial charge < -0.3 is 0 Å². The molecule has 6 nitrogen and oxygen atoms in total. The van der Waals surface area contributed by atoms with Gasteiger partial charge in [-0.2, -0.15) is 4.31 Å². The molecular weight excluding hydrogens is 466 g/mol. The molecule has 0 aliphatic heterocycles. The smallest absolute Gasteiger partial charge is 0.257 e. The third-order valence-corrected chi connectivity index (χ3v) is 8.75. The molecular formula is C26H23N3O3S2. The number of sulfonamides is 1. The maximum absolute atomic E-state index is 12.9. The molecule has 1 aliphatic rings. The number of aryl methyl sites for hydroxylation is 2. The summed E-state index contributed by atoms with van der Waals surface area (Å²) < 4.78 is 28.0. The van der Waals surface area contributed by atoms with E-state index in [-0.39, 0.29) is 23.9 Å². The SMILES string of the molecule is C=CCN(CC=C)S(=O)(=O)c1ccc(C(=O)Nc2nc3c(cc4c5c(cccc53)CC4)s2)cc1. The average Bonchev–Trinajstić information content (AvgIpc) is 3.44. The van der Waals surface area contributed by atoms with Crippen molar-refractivity contribution in [1.82, 2.24) is 9.29 Å². The van der Waals surface area contributed by atoms with Crippen molar-refractivity contribution in [3.05, 3.63) is 90.5 Å². The van der Waals surface area contributed by atoms with Gasteiger partial charge in [-0.25, -0.2) is 13.4 Å². The maximum atomic E-state index is 12.9. The van der Waals surface area contributed by atoms with E-state index in [0.717, 1.165) is 28.4 Å². The lowest BCUT2D eigenvalue weighted by molar-refractivity contribution is 0.102. The van der Waals surface area contributed by atoms with E-state index in [4.69, 9.17) is 4.98 Å². The van der Waals surface area contributed by atoms with Gasteiger partial charge in [0.1, 0.15) is 0 Å². The maximum Gasteiger partial charge on any atom is 0.257 e. The van der Waals surface area contributed by atoms with Crippen LogP contribution in [-0.4, -0.2) is 36.7 Å². The second-order valence-electron chi connectivity index (χ2n) is 8.12. The van der Waals surface area contributed by atoms with E-state index < -0.39 is 10.0 Å². The molecule has 0 saturated carbocycles. The molecule has 0 saturated heterocycles. The minimum atomic E-state index is -3.72. The number of fused-ring (bicyclic) bond motifs is 2. The Balaban J connectivity index is 1.40. The van der Waals surface area contributed by atoms with E-state index in [1.807, 2.05) is 0 Å². The van der Waals surface area contributed by atoms with Crippen LogP contribution >= 0.6 is 11.3 Å². The van der Waals surface area contributed by atoms with E-state index in [1.54, 1.807) is 0 Å². The summed E-state index contributed by atoms with van der Waals surface area (Å²) in [7, 11) is -3.72. The van der Waals surface area contributed by atoms with Crippen LogP contribution in [0, 0.1) is 0 Å². The van der Waals surface area contributed by atoms with Gasteiger partial charge in [-0.15, -0.1) is 13.2 Å². The van der Waals surface area contributed by atoms with E-state index in [9.17, 15) is 13.2 Å². The number of anilines is 1. The first-order valence-electron chi connectivity index (χ1n) is 10.9. The van der Waals surface area contributed by atoms with Gasteiger partial charge in [0, 0.05) is 24.0 Å². The van der Waals surface area contributed by atoms with Crippen LogP contribution in [0.25, 0.3) is 21.0 Å². The Bertz CT molecular complexity index is 1540. The Labute approximate surface area is 202 Å². The van der Waals surface area contributed by atoms with Crippen molar-refractivity contribution in [3.63, 3.8) is 0 Å². The topological polar surface area (TPSA) is 79.4 Å². The molecule has 0 atom stereocenters. The first kappa shape index (κ1) is 22.5. The number of thiazole rings is 1. The summed E-state index contributed by atoms with van der Waals surface area (Å²) in [5.74, 6) is -0.339. The van der Waals surface area contributed by atoms with Crippen LogP contribution < -0.4 is 5.32 Å². The van der Waals surface area contributed by atoms with E-state index >= 15 is 0 Å². The molecule has 3 aromatic carbocycles. The zero-order chi connectivity index (χ0) is 23.9. The number of benzene rings is 3. The minimum Gasteiger partial charge on any atom is -0.298 e. The van der Waals surface area contributed by atoms with Crippen molar-refractivity contribution < 1.29 is 13.2 Å². The largest absolute Gasteiger partial charge is 0.298 e. The molecule has 1 N–H and O–H groups in total. The average molecular weight is 490 g/mol. The number of nitrogens with one attached hydrogen (secondary N) is 1. The van der Waals surface area contributed by atoms with Crippen molar-refractivity contribution in [2.75, 3.05) is 18.4 Å². The summed E-state index contributed by atoms with van der Waals surface area (Å²) in [5.41, 5.74) is 3.93. The molecule has 1 aromatic heterocycles. The molecule has 0 radical (unpaired) electrons. The van der Waals surface area contributed by atoms with Crippen molar-refractivity contribution in [2.24, 2.45) is 0 Å². The van der Waals surface area contributed by atoms with E-state index in [0.29, 0.717) is 10.7 Å². The Kier molecular flexibility index (Phi) is 5.81. The Hall–Kier alpha value is -3.33.